The quantitative estimate of drug-likeness (QED) is 0.300. The first kappa shape index (κ1) is 11.3. The fraction of sp³-hybridized carbons (Fsp3) is 0. The van der Waals surface area contributed by atoms with Gasteiger partial charge in [-0.25, -0.2) is 0 Å². The predicted octanol–water partition coefficient (Wildman–Crippen LogP) is -1.48. The fourth-order valence-corrected chi connectivity index (χ4v) is 0. The van der Waals surface area contributed by atoms with E-state index in [0.717, 1.165) is 0 Å². The normalized spacial score (nSPS) is 35.1. The number of halogens is 3. The van der Waals surface area contributed by atoms with Crippen LogP contribution in [-0.4, -0.2) is 0 Å². The monoisotopic (exact) mass is 303 g/mol. The van der Waals surface area contributed by atoms with E-state index in [0.29, 0.717) is 0 Å². The van der Waals surface area contributed by atoms with Crippen LogP contribution in [0.1, 0.15) is 0 Å². The van der Waals surface area contributed by atoms with Gasteiger partial charge in [-0.2, -0.15) is 0 Å². The van der Waals surface area contributed by atoms with E-state index in [4.69, 9.17) is 55.9 Å². The van der Waals surface area contributed by atoms with E-state index in [1.807, 2.05) is 0 Å². The second kappa shape index (κ2) is 0.633. The van der Waals surface area contributed by atoms with E-state index >= 15 is 0 Å². The molecule has 0 atom stereocenters. The molecule has 0 aromatic rings. The minimum absolute atomic E-state index is 4.90. The maximum absolute atomic E-state index is 8.26. The zero-order chi connectivity index (χ0) is 9.33. The molecule has 0 saturated heterocycles. The molecule has 0 aliphatic heterocycles. The van der Waals surface area contributed by atoms with Crippen LogP contribution >= 0.6 is 29.1 Å². The first-order valence-corrected chi connectivity index (χ1v) is 14.4. The van der Waals surface area contributed by atoms with Gasteiger partial charge in [-0.3, -0.25) is 0 Å². The van der Waals surface area contributed by atoms with E-state index in [9.17, 15) is 0 Å². The van der Waals surface area contributed by atoms with Crippen LogP contribution in [0.3, 0.4) is 0 Å². The van der Waals surface area contributed by atoms with Gasteiger partial charge >= 0.3 is 63.3 Å². The Morgan fingerprint density at radius 3 is 0.600 bits per heavy atom. The van der Waals surface area contributed by atoms with Crippen molar-refractivity contribution in [3.63, 3.8) is 0 Å². The van der Waals surface area contributed by atoms with Gasteiger partial charge in [0.25, 0.3) is 0 Å². The molecule has 0 bridgehead atoms. The zero-order valence-electron chi connectivity index (χ0n) is 4.95. The molecule has 0 unspecified atom stereocenters. The molecule has 71 valence electrons. The van der Waals surface area contributed by atoms with E-state index < -0.39 is 7.35 Å². The zero-order valence-corrected chi connectivity index (χ0v) is 8.96. The topological polar surface area (TPSA) is 156 Å². The minimum atomic E-state index is -8.26. The third kappa shape index (κ3) is 401. The van der Waals surface area contributed by atoms with Crippen molar-refractivity contribution in [2.75, 3.05) is 0 Å². The first-order chi connectivity index (χ1) is 3.00. The third-order valence-electron chi connectivity index (χ3n) is 0. The van der Waals surface area contributed by atoms with Crippen LogP contribution in [0.25, 0.3) is 0 Å². The summed E-state index contributed by atoms with van der Waals surface area (Å²) in [4.78, 5) is 0. The average Bonchev–Trinajstić information content (AvgIpc) is 0.469. The summed E-state index contributed by atoms with van der Waals surface area (Å²) in [6, 6.07) is 0. The maximum atomic E-state index is 5.15. The average molecular weight is 304 g/mol. The van der Waals surface area contributed by atoms with E-state index in [-0.39, 0.29) is 0 Å². The van der Waals surface area contributed by atoms with Crippen LogP contribution in [0.2, 0.25) is 0 Å². The Hall–Kier alpha value is 1.25. The van der Waals surface area contributed by atoms with Crippen molar-refractivity contribution in [3.8, 4) is 0 Å². The molecule has 0 rings (SSSR count). The van der Waals surface area contributed by atoms with Crippen molar-refractivity contribution in [2.24, 2.45) is 26.9 Å². The van der Waals surface area contributed by atoms with Crippen molar-refractivity contribution in [3.05, 3.63) is 0 Å². The van der Waals surface area contributed by atoms with Gasteiger partial charge in [-0.15, -0.1) is 0 Å². The predicted molar refractivity (Wildman–Crippen MR) is 42.7 cm³/mol. The van der Waals surface area contributed by atoms with Crippen molar-refractivity contribution >= 4 is 29.1 Å². The number of hydrogen-bond acceptors (Lipinski definition) is 6. The summed E-state index contributed by atoms with van der Waals surface area (Å²) < 4.78 is 29.4. The van der Waals surface area contributed by atoms with E-state index in [1.165, 1.54) is 0 Å². The molecule has 10 heteroatoms. The summed E-state index contributed by atoms with van der Waals surface area (Å²) in [5, 5.41) is 0. The summed E-state index contributed by atoms with van der Waals surface area (Å²) >= 11 is 0. The van der Waals surface area contributed by atoms with Crippen LogP contribution in [0.4, 0.5) is 0 Å². The van der Waals surface area contributed by atoms with Gasteiger partial charge in [-0.05, 0) is 0 Å². The van der Waals surface area contributed by atoms with Gasteiger partial charge in [0.05, 0.1) is 0 Å². The summed E-state index contributed by atoms with van der Waals surface area (Å²) in [7, 11) is 7.19. The Labute approximate surface area is 63.2 Å². The van der Waals surface area contributed by atoms with Crippen molar-refractivity contribution < 1.29 is 7.35 Å². The van der Waals surface area contributed by atoms with E-state index in [2.05, 4.69) is 0 Å². The molecule has 0 aromatic carbocycles. The molecule has 10 heavy (non-hydrogen) atoms. The summed E-state index contributed by atoms with van der Waals surface area (Å²) in [6.45, 7) is 0. The molecule has 0 aliphatic rings. The van der Waals surface area contributed by atoms with Gasteiger partial charge in [0, 0.05) is 0 Å². The number of rotatable bonds is 0. The molecule has 12 N–H and O–H groups in total. The third-order valence-corrected chi connectivity index (χ3v) is 0. The molecule has 0 fully saturated rings. The standard InChI is InChI=1S/3ClH.6H2N.Ru/h3*1H;6*1H2;/q;;;6*-1;+9/p-3. The Morgan fingerprint density at radius 1 is 0.600 bits per heavy atom. The second-order valence-electron chi connectivity index (χ2n) is 3.31. The molecule has 6 nitrogen and oxygen atoms in total. The molecule has 0 amide bonds. The van der Waals surface area contributed by atoms with E-state index in [1.54, 1.807) is 0 Å². The number of hydrogen-bond donors (Lipinski definition) is 6. The molecule has 0 radical (unpaired) electrons. The number of nitrogens with two attached hydrogens (primary N) is 6. The summed E-state index contributed by atoms with van der Waals surface area (Å²) in [6.07, 6.45) is 0. The molecule has 0 aliphatic carbocycles. The van der Waals surface area contributed by atoms with Crippen molar-refractivity contribution in [2.45, 2.75) is 0 Å². The molecule has 0 aromatic heterocycles. The summed E-state index contributed by atoms with van der Waals surface area (Å²) in [5.74, 6) is 0. The Balaban J connectivity index is 6.55. The van der Waals surface area contributed by atoms with Crippen LogP contribution in [0, 0.1) is 0 Å². The van der Waals surface area contributed by atoms with Crippen molar-refractivity contribution in [1.29, 1.82) is 0 Å². The Kier molecular flexibility index (Phi) is 0.712. The Bertz CT molecular complexity index is 199. The molecule has 0 spiro atoms. The van der Waals surface area contributed by atoms with Crippen molar-refractivity contribution in [1.82, 2.24) is 0 Å². The van der Waals surface area contributed by atoms with Crippen LogP contribution in [0.5, 0.6) is 0 Å². The van der Waals surface area contributed by atoms with Crippen LogP contribution < -0.4 is 26.9 Å². The molecular weight excluding hydrogens is 291 g/mol. The van der Waals surface area contributed by atoms with Crippen LogP contribution in [0.15, 0.2) is 0 Å². The molecule has 0 heterocycles. The second-order valence-corrected chi connectivity index (χ2v) is 43.2. The molecular formula is H12Cl3N6Ru. The first-order valence-electron chi connectivity index (χ1n) is 1.63. The summed E-state index contributed by atoms with van der Waals surface area (Å²) in [5.41, 5.74) is 0. The van der Waals surface area contributed by atoms with Gasteiger partial charge in [0.1, 0.15) is 0 Å². The van der Waals surface area contributed by atoms with Gasteiger partial charge < -0.3 is 0 Å². The van der Waals surface area contributed by atoms with Gasteiger partial charge in [0.2, 0.25) is 0 Å². The molecule has 0 saturated carbocycles. The van der Waals surface area contributed by atoms with Gasteiger partial charge in [0.15, 0.2) is 0 Å². The Morgan fingerprint density at radius 2 is 0.600 bits per heavy atom. The van der Waals surface area contributed by atoms with Gasteiger partial charge in [-0.1, -0.05) is 0 Å². The fourth-order valence-electron chi connectivity index (χ4n) is 0. The van der Waals surface area contributed by atoms with Crippen LogP contribution in [-0.2, 0) is 7.35 Å². The SMILES string of the molecule is [NH2][Ru]([NH2])([NH2])([NH2])([NH2])([NH2])([Cl])([Cl])[Cl].